The van der Waals surface area contributed by atoms with Gasteiger partial charge in [-0.1, -0.05) is 0 Å². The third-order valence-electron chi connectivity index (χ3n) is 9.12. The Balaban J connectivity index is 1.19. The fourth-order valence-corrected chi connectivity index (χ4v) is 16.0. The van der Waals surface area contributed by atoms with E-state index in [1.165, 1.54) is 49.9 Å². The number of fused-ring (bicyclic) bond motifs is 7. The van der Waals surface area contributed by atoms with Crippen molar-refractivity contribution in [2.75, 3.05) is 4.90 Å². The third kappa shape index (κ3) is 2.16. The van der Waals surface area contributed by atoms with Gasteiger partial charge in [-0.25, -0.2) is 0 Å². The van der Waals surface area contributed by atoms with Crippen LogP contribution in [0.15, 0.2) is 95.5 Å². The summed E-state index contributed by atoms with van der Waals surface area (Å²) >= 11 is 0. The van der Waals surface area contributed by atoms with Gasteiger partial charge >= 0.3 is 210 Å². The first-order valence-electron chi connectivity index (χ1n) is 12.6. The molecule has 0 amide bonds. The predicted octanol–water partition coefficient (Wildman–Crippen LogP) is 2.76. The standard InChI is InChI=1S/C24H15B7N2P2/c1-2-11-20-18(9-1)19-10-6-14-23-24(19)28(20)21-12-3-4-13-22(21)33(23)16-7-5-8-17(15-16)35(26-29(35)27-35)32-34-30-25-31(30)34/h1-15H/q-1. The van der Waals surface area contributed by atoms with E-state index in [1.54, 1.807) is 0 Å². The van der Waals surface area contributed by atoms with Crippen molar-refractivity contribution in [2.24, 2.45) is 4.52 Å². The van der Waals surface area contributed by atoms with Crippen molar-refractivity contribution in [3.63, 3.8) is 0 Å². The molecular formula is C24H15B7N2P2-. The van der Waals surface area contributed by atoms with E-state index in [0.717, 1.165) is 12.4 Å². The number of hydrogen-bond acceptors (Lipinski definition) is 2. The zero-order chi connectivity index (χ0) is 22.5. The molecule has 0 N–H and O–H groups in total. The predicted molar refractivity (Wildman–Crippen MR) is 162 cm³/mol. The molecule has 4 aromatic rings. The van der Waals surface area contributed by atoms with Gasteiger partial charge in [-0.05, 0) is 0 Å². The Labute approximate surface area is 209 Å². The zero-order valence-electron chi connectivity index (χ0n) is 19.0. The molecule has 153 valence electrons. The third-order valence-corrected chi connectivity index (χ3v) is 17.6. The number of benzene rings is 4. The maximum atomic E-state index is 5.61. The van der Waals surface area contributed by atoms with Gasteiger partial charge in [-0.15, -0.1) is 0 Å². The van der Waals surface area contributed by atoms with Gasteiger partial charge in [0.1, 0.15) is 0 Å². The number of para-hydroxylation sites is 1. The van der Waals surface area contributed by atoms with Crippen LogP contribution in [0, 0.1) is 0 Å². The SMILES string of the molecule is [B]1B2[B-]P12(N=[P+]1B2[B-]B21)c1cccc(N2c3ccccc3B3c4ccccc4-c4cccc2c43)c1. The van der Waals surface area contributed by atoms with Crippen molar-refractivity contribution in [3.8, 4) is 11.1 Å². The average Bonchev–Trinajstić information content (AvgIpc) is 3.80. The maximum absolute atomic E-state index is 5.61. The molecule has 2 nitrogen and oxygen atoms in total. The molecule has 11 heteroatoms. The van der Waals surface area contributed by atoms with Gasteiger partial charge in [0.15, 0.2) is 0 Å². The molecule has 4 saturated heterocycles. The van der Waals surface area contributed by atoms with E-state index in [0.29, 0.717) is 12.9 Å². The van der Waals surface area contributed by atoms with Crippen molar-refractivity contribution in [1.82, 2.24) is 0 Å². The normalized spacial score (nSPS) is 22.0. The Morgan fingerprint density at radius 3 is 2.31 bits per heavy atom. The van der Waals surface area contributed by atoms with Crippen molar-refractivity contribution >= 4 is 98.8 Å². The molecule has 0 unspecified atom stereocenters. The van der Waals surface area contributed by atoms with Crippen LogP contribution in [-0.2, 0) is 0 Å². The van der Waals surface area contributed by atoms with Crippen LogP contribution in [0.2, 0.25) is 0 Å². The summed E-state index contributed by atoms with van der Waals surface area (Å²) in [5, 5.41) is 1.49. The fourth-order valence-electron chi connectivity index (χ4n) is 6.92. The molecule has 0 bridgehead atoms. The summed E-state index contributed by atoms with van der Waals surface area (Å²) in [6.45, 7) is 5.50. The monoisotopic (exact) mass is 470 g/mol. The Morgan fingerprint density at radius 2 is 1.51 bits per heavy atom. The van der Waals surface area contributed by atoms with Gasteiger partial charge < -0.3 is 0 Å². The summed E-state index contributed by atoms with van der Waals surface area (Å²) < 4.78 is 5.61. The van der Waals surface area contributed by atoms with Crippen molar-refractivity contribution in [1.29, 1.82) is 0 Å². The molecule has 6 heterocycles. The first-order valence-corrected chi connectivity index (χ1v) is 16.4. The van der Waals surface area contributed by atoms with Gasteiger partial charge in [0.2, 0.25) is 0 Å². The van der Waals surface area contributed by atoms with E-state index in [1.807, 2.05) is 0 Å². The molecule has 0 spiro atoms. The summed E-state index contributed by atoms with van der Waals surface area (Å²) in [7, 11) is 2.43. The molecule has 0 aromatic heterocycles. The molecule has 0 atom stereocenters. The molecule has 0 aliphatic carbocycles. The molecule has 4 aromatic carbocycles. The van der Waals surface area contributed by atoms with Crippen LogP contribution in [0.3, 0.4) is 0 Å². The average molecular weight is 469 g/mol. The van der Waals surface area contributed by atoms with Gasteiger partial charge in [0, 0.05) is 0 Å². The summed E-state index contributed by atoms with van der Waals surface area (Å²) in [6.07, 6.45) is 0.261. The molecule has 5 radical (unpaired) electrons. The summed E-state index contributed by atoms with van der Waals surface area (Å²) in [5.74, 6) is 0. The number of nitrogens with zero attached hydrogens (tertiary/aromatic N) is 2. The van der Waals surface area contributed by atoms with Crippen LogP contribution in [0.5, 0.6) is 0 Å². The van der Waals surface area contributed by atoms with Gasteiger partial charge in [0.05, 0.1) is 0 Å². The summed E-state index contributed by atoms with van der Waals surface area (Å²) in [6, 6.07) is 34.3. The molecule has 35 heavy (non-hydrogen) atoms. The minimum atomic E-state index is -2.15. The first-order chi connectivity index (χ1) is 17.3. The van der Waals surface area contributed by atoms with Gasteiger partial charge in [-0.2, -0.15) is 0 Å². The summed E-state index contributed by atoms with van der Waals surface area (Å²) in [4.78, 5) is 2.52. The molecule has 6 aliphatic rings. The second-order valence-corrected chi connectivity index (χ2v) is 17.8. The van der Waals surface area contributed by atoms with Crippen molar-refractivity contribution < 1.29 is 0 Å². The molecule has 4 fully saturated rings. The molecule has 0 saturated carbocycles. The van der Waals surface area contributed by atoms with E-state index in [9.17, 15) is 0 Å². The Bertz CT molecular complexity index is 1710. The number of rotatable bonds is 3. The van der Waals surface area contributed by atoms with Crippen molar-refractivity contribution in [3.05, 3.63) is 91.0 Å². The molecular weight excluding hydrogens is 454 g/mol. The second kappa shape index (κ2) is 5.80. The topological polar surface area (TPSA) is 15.6 Å². The van der Waals surface area contributed by atoms with E-state index < -0.39 is 6.39 Å². The van der Waals surface area contributed by atoms with E-state index in [2.05, 4.69) is 117 Å². The van der Waals surface area contributed by atoms with Gasteiger partial charge in [-0.3, -0.25) is 0 Å². The Morgan fingerprint density at radius 1 is 0.800 bits per heavy atom. The number of hydrogen-bond donors (Lipinski definition) is 0. The van der Waals surface area contributed by atoms with E-state index in [-0.39, 0.29) is 7.47 Å². The summed E-state index contributed by atoms with van der Waals surface area (Å²) in [5.41, 5.74) is 11.0. The Hall–Kier alpha value is -2.34. The zero-order valence-corrected chi connectivity index (χ0v) is 20.8. The first kappa shape index (κ1) is 18.9. The van der Waals surface area contributed by atoms with Crippen LogP contribution >= 0.6 is 13.9 Å². The molecule has 10 rings (SSSR count). The van der Waals surface area contributed by atoms with Crippen molar-refractivity contribution in [2.45, 2.75) is 0 Å². The van der Waals surface area contributed by atoms with Crippen LogP contribution in [0.25, 0.3) is 11.1 Å². The van der Waals surface area contributed by atoms with Crippen LogP contribution in [0.1, 0.15) is 0 Å². The quantitative estimate of drug-likeness (QED) is 0.288. The number of anilines is 3. The minimum absolute atomic E-state index is 0.0564. The van der Waals surface area contributed by atoms with Crippen LogP contribution < -0.4 is 26.6 Å². The second-order valence-electron chi connectivity index (χ2n) is 10.9. The molecule has 6 aliphatic heterocycles. The van der Waals surface area contributed by atoms with Gasteiger partial charge in [0.25, 0.3) is 0 Å². The van der Waals surface area contributed by atoms with Crippen LogP contribution in [0.4, 0.5) is 17.1 Å². The fraction of sp³-hybridized carbons (Fsp3) is 0. The van der Waals surface area contributed by atoms with E-state index in [4.69, 9.17) is 4.52 Å². The van der Waals surface area contributed by atoms with E-state index >= 15 is 0 Å². The van der Waals surface area contributed by atoms with Crippen LogP contribution in [-0.4, -0.2) is 46.2 Å². The Kier molecular flexibility index (Phi) is 3.13.